The first-order chi connectivity index (χ1) is 22.2. The van der Waals surface area contributed by atoms with Crippen LogP contribution in [0.15, 0.2) is 66.7 Å². The minimum Gasteiger partial charge on any atom is -0.335 e. The average molecular weight is 661 g/mol. The van der Waals surface area contributed by atoms with Gasteiger partial charge < -0.3 is 10.2 Å². The van der Waals surface area contributed by atoms with Crippen LogP contribution in [0.2, 0.25) is 0 Å². The van der Waals surface area contributed by atoms with Gasteiger partial charge >= 0.3 is 12.4 Å². The molecule has 0 spiro atoms. The van der Waals surface area contributed by atoms with Crippen molar-refractivity contribution in [2.75, 3.05) is 44.6 Å². The fourth-order valence-electron chi connectivity index (χ4n) is 6.69. The standard InChI is InChI=1S/C35H38F6N4O2/c1-23-7-6-8-24(2)32(23)42-31(46)22-43-15-17-44(18-16-43)27-13-14-45(28(21-27)19-25-9-4-3-5-10-25)33(47)29-12-11-26(34(36,37)38)20-30(29)35(39,40)41/h3-12,20,27-28H,13-19,21-22H2,1-2H3,(H,42,46). The van der Waals surface area contributed by atoms with Crippen molar-refractivity contribution in [3.63, 3.8) is 0 Å². The van der Waals surface area contributed by atoms with Crippen LogP contribution in [0.1, 0.15) is 51.0 Å². The number of para-hydroxylation sites is 1. The lowest BCUT2D eigenvalue weighted by Crippen LogP contribution is -2.57. The number of amides is 2. The minimum absolute atomic E-state index is 0.0219. The average Bonchev–Trinajstić information content (AvgIpc) is 3.02. The van der Waals surface area contributed by atoms with Gasteiger partial charge in [-0.25, -0.2) is 0 Å². The lowest BCUT2D eigenvalue weighted by Gasteiger charge is -2.46. The number of likely N-dealkylation sites (tertiary alicyclic amines) is 1. The van der Waals surface area contributed by atoms with E-state index in [1.54, 1.807) is 0 Å². The third-order valence-corrected chi connectivity index (χ3v) is 9.18. The monoisotopic (exact) mass is 660 g/mol. The Morgan fingerprint density at radius 2 is 1.47 bits per heavy atom. The molecule has 0 aromatic heterocycles. The maximum Gasteiger partial charge on any atom is 0.417 e. The van der Waals surface area contributed by atoms with Crippen molar-refractivity contribution in [1.29, 1.82) is 0 Å². The van der Waals surface area contributed by atoms with Gasteiger partial charge in [0.25, 0.3) is 5.91 Å². The Balaban J connectivity index is 1.28. The van der Waals surface area contributed by atoms with Crippen molar-refractivity contribution >= 4 is 17.5 Å². The number of halogens is 6. The number of piperazine rings is 1. The summed E-state index contributed by atoms with van der Waals surface area (Å²) in [6, 6.07) is 15.9. The van der Waals surface area contributed by atoms with Gasteiger partial charge in [0, 0.05) is 50.5 Å². The lowest BCUT2D eigenvalue weighted by molar-refractivity contribution is -0.143. The highest BCUT2D eigenvalue weighted by Crippen LogP contribution is 2.38. The number of anilines is 1. The molecule has 2 atom stereocenters. The molecule has 2 heterocycles. The van der Waals surface area contributed by atoms with Crippen molar-refractivity contribution in [3.8, 4) is 0 Å². The Morgan fingerprint density at radius 3 is 2.09 bits per heavy atom. The molecule has 0 saturated carbocycles. The van der Waals surface area contributed by atoms with E-state index in [2.05, 4.69) is 15.1 Å². The summed E-state index contributed by atoms with van der Waals surface area (Å²) in [5.74, 6) is -1.02. The van der Waals surface area contributed by atoms with Crippen LogP contribution in [0.3, 0.4) is 0 Å². The summed E-state index contributed by atoms with van der Waals surface area (Å²) in [6.07, 6.45) is -8.73. The zero-order valence-corrected chi connectivity index (χ0v) is 26.3. The molecule has 47 heavy (non-hydrogen) atoms. The quantitative estimate of drug-likeness (QED) is 0.283. The van der Waals surface area contributed by atoms with E-state index in [-0.39, 0.29) is 31.1 Å². The molecule has 3 aromatic carbocycles. The van der Waals surface area contributed by atoms with Crippen LogP contribution in [-0.4, -0.2) is 77.9 Å². The second-order valence-corrected chi connectivity index (χ2v) is 12.4. The molecular formula is C35H38F6N4O2. The highest BCUT2D eigenvalue weighted by atomic mass is 19.4. The summed E-state index contributed by atoms with van der Waals surface area (Å²) >= 11 is 0. The lowest BCUT2D eigenvalue weighted by atomic mass is 9.89. The molecule has 6 nitrogen and oxygen atoms in total. The molecular weight excluding hydrogens is 622 g/mol. The number of alkyl halides is 6. The van der Waals surface area contributed by atoms with Crippen LogP contribution in [0, 0.1) is 13.8 Å². The van der Waals surface area contributed by atoms with Crippen molar-refractivity contribution in [2.24, 2.45) is 0 Å². The van der Waals surface area contributed by atoms with Crippen LogP contribution in [0.5, 0.6) is 0 Å². The molecule has 0 aliphatic carbocycles. The number of aryl methyl sites for hydroxylation is 2. The molecule has 0 bridgehead atoms. The van der Waals surface area contributed by atoms with E-state index in [4.69, 9.17) is 0 Å². The van der Waals surface area contributed by atoms with Gasteiger partial charge in [0.15, 0.2) is 0 Å². The van der Waals surface area contributed by atoms with E-state index < -0.39 is 41.0 Å². The zero-order valence-electron chi connectivity index (χ0n) is 26.3. The number of piperidine rings is 1. The first-order valence-corrected chi connectivity index (χ1v) is 15.7. The Kier molecular flexibility index (Phi) is 10.3. The molecule has 2 fully saturated rings. The summed E-state index contributed by atoms with van der Waals surface area (Å²) in [7, 11) is 0. The van der Waals surface area contributed by atoms with Gasteiger partial charge in [-0.3, -0.25) is 19.4 Å². The van der Waals surface area contributed by atoms with Crippen molar-refractivity contribution in [3.05, 3.63) is 100 Å². The summed E-state index contributed by atoms with van der Waals surface area (Å²) in [5.41, 5.74) is -0.120. The number of nitrogens with zero attached hydrogens (tertiary/aromatic N) is 3. The molecule has 1 N–H and O–H groups in total. The first kappa shape index (κ1) is 34.4. The molecule has 2 unspecified atom stereocenters. The van der Waals surface area contributed by atoms with E-state index in [1.807, 2.05) is 62.4 Å². The van der Waals surface area contributed by atoms with Crippen molar-refractivity contribution < 1.29 is 35.9 Å². The zero-order chi connectivity index (χ0) is 33.9. The molecule has 3 aromatic rings. The number of nitrogens with one attached hydrogen (secondary N) is 1. The maximum atomic E-state index is 14.0. The SMILES string of the molecule is Cc1cccc(C)c1NC(=O)CN1CCN(C2CCN(C(=O)c3ccc(C(F)(F)F)cc3C(F)(F)F)C(Cc3ccccc3)C2)CC1. The van der Waals surface area contributed by atoms with E-state index in [1.165, 1.54) is 4.90 Å². The Bertz CT molecular complexity index is 1550. The molecule has 2 aliphatic heterocycles. The number of rotatable bonds is 7. The number of carbonyl (C=O) groups is 2. The molecule has 5 rings (SSSR count). The van der Waals surface area contributed by atoms with E-state index in [0.29, 0.717) is 57.6 Å². The highest BCUT2D eigenvalue weighted by Gasteiger charge is 2.42. The van der Waals surface area contributed by atoms with Gasteiger partial charge in [0.05, 0.1) is 23.2 Å². The van der Waals surface area contributed by atoms with Crippen LogP contribution in [0.25, 0.3) is 0 Å². The normalized spacial score (nSPS) is 19.9. The fourth-order valence-corrected chi connectivity index (χ4v) is 6.69. The molecule has 252 valence electrons. The predicted molar refractivity (Wildman–Crippen MR) is 167 cm³/mol. The van der Waals surface area contributed by atoms with Crippen LogP contribution in [0.4, 0.5) is 32.0 Å². The maximum absolute atomic E-state index is 14.0. The second kappa shape index (κ2) is 14.1. The third-order valence-electron chi connectivity index (χ3n) is 9.18. The minimum atomic E-state index is -5.14. The Hall–Kier alpha value is -3.90. The predicted octanol–water partition coefficient (Wildman–Crippen LogP) is 6.81. The fraction of sp³-hybridized carbons (Fsp3) is 0.429. The molecule has 2 amide bonds. The first-order valence-electron chi connectivity index (χ1n) is 15.7. The van der Waals surface area contributed by atoms with Gasteiger partial charge in [0.2, 0.25) is 5.91 Å². The van der Waals surface area contributed by atoms with Gasteiger partial charge in [-0.2, -0.15) is 26.3 Å². The number of hydrogen-bond acceptors (Lipinski definition) is 4. The summed E-state index contributed by atoms with van der Waals surface area (Å²) in [6.45, 7) is 6.99. The smallest absolute Gasteiger partial charge is 0.335 e. The summed E-state index contributed by atoms with van der Waals surface area (Å²) < 4.78 is 81.8. The van der Waals surface area contributed by atoms with Gasteiger partial charge in [0.1, 0.15) is 0 Å². The highest BCUT2D eigenvalue weighted by molar-refractivity contribution is 5.96. The molecule has 2 saturated heterocycles. The van der Waals surface area contributed by atoms with Crippen molar-refractivity contribution in [1.82, 2.24) is 14.7 Å². The van der Waals surface area contributed by atoms with Crippen molar-refractivity contribution in [2.45, 2.75) is 57.5 Å². The van der Waals surface area contributed by atoms with Crippen LogP contribution in [-0.2, 0) is 23.6 Å². The van der Waals surface area contributed by atoms with Crippen LogP contribution >= 0.6 is 0 Å². The van der Waals surface area contributed by atoms with Gasteiger partial charge in [-0.05, 0) is 68.0 Å². The van der Waals surface area contributed by atoms with E-state index >= 15 is 0 Å². The van der Waals surface area contributed by atoms with Crippen LogP contribution < -0.4 is 5.32 Å². The van der Waals surface area contributed by atoms with Gasteiger partial charge in [-0.15, -0.1) is 0 Å². The largest absolute Gasteiger partial charge is 0.417 e. The molecule has 2 aliphatic rings. The van der Waals surface area contributed by atoms with Gasteiger partial charge in [-0.1, -0.05) is 48.5 Å². The molecule has 12 heteroatoms. The number of hydrogen-bond donors (Lipinski definition) is 1. The number of benzene rings is 3. The second-order valence-electron chi connectivity index (χ2n) is 12.4. The number of carbonyl (C=O) groups excluding carboxylic acids is 2. The van der Waals surface area contributed by atoms with E-state index in [0.717, 1.165) is 22.4 Å². The Labute approximate surface area is 270 Å². The topological polar surface area (TPSA) is 55.9 Å². The third kappa shape index (κ3) is 8.34. The summed E-state index contributed by atoms with van der Waals surface area (Å²) in [5, 5.41) is 3.02. The van der Waals surface area contributed by atoms with E-state index in [9.17, 15) is 35.9 Å². The Morgan fingerprint density at radius 1 is 0.809 bits per heavy atom. The molecule has 0 radical (unpaired) electrons. The summed E-state index contributed by atoms with van der Waals surface area (Å²) in [4.78, 5) is 32.3.